The maximum Gasteiger partial charge on any atom is 0.213 e. The van der Waals surface area contributed by atoms with Gasteiger partial charge in [-0.1, -0.05) is 6.08 Å². The van der Waals surface area contributed by atoms with Crippen LogP contribution in [0.5, 0.6) is 0 Å². The molecule has 2 fully saturated rings. The molecular formula is C10H9NO2. The van der Waals surface area contributed by atoms with Crippen LogP contribution in [0.3, 0.4) is 0 Å². The van der Waals surface area contributed by atoms with Crippen molar-refractivity contribution in [3.05, 3.63) is 23.9 Å². The van der Waals surface area contributed by atoms with Gasteiger partial charge in [0.1, 0.15) is 0 Å². The predicted molar refractivity (Wildman–Crippen MR) is 45.5 cm³/mol. The largest absolute Gasteiger partial charge is 0.317 e. The monoisotopic (exact) mass is 175 g/mol. The molecule has 13 heavy (non-hydrogen) atoms. The lowest BCUT2D eigenvalue weighted by atomic mass is 9.95. The molecule has 0 N–H and O–H groups in total. The van der Waals surface area contributed by atoms with E-state index in [4.69, 9.17) is 0 Å². The highest BCUT2D eigenvalue weighted by Crippen LogP contribution is 2.65. The van der Waals surface area contributed by atoms with E-state index in [-0.39, 0.29) is 11.2 Å². The van der Waals surface area contributed by atoms with Crippen LogP contribution in [0.4, 0.5) is 0 Å². The summed E-state index contributed by atoms with van der Waals surface area (Å²) in [5.74, 6) is 0.563. The normalized spacial score (nSPS) is 39.7. The molecule has 3 heteroatoms. The average molecular weight is 175 g/mol. The summed E-state index contributed by atoms with van der Waals surface area (Å²) in [5.41, 5.74) is 0.981. The summed E-state index contributed by atoms with van der Waals surface area (Å²) < 4.78 is 0. The van der Waals surface area contributed by atoms with Crippen LogP contribution in [0.1, 0.15) is 6.42 Å². The van der Waals surface area contributed by atoms with Gasteiger partial charge in [0.25, 0.3) is 0 Å². The first-order chi connectivity index (χ1) is 6.26. The van der Waals surface area contributed by atoms with E-state index in [2.05, 4.69) is 0 Å². The minimum Gasteiger partial charge on any atom is -0.317 e. The first-order valence-electron chi connectivity index (χ1n) is 4.43. The number of hydrogen-bond donors (Lipinski definition) is 0. The molecule has 1 spiro atoms. The maximum atomic E-state index is 11.1. The Bertz CT molecular complexity index is 369. The van der Waals surface area contributed by atoms with Gasteiger partial charge >= 0.3 is 0 Å². The molecule has 0 aromatic heterocycles. The zero-order chi connectivity index (χ0) is 9.05. The van der Waals surface area contributed by atoms with Crippen LogP contribution in [-0.2, 0) is 9.59 Å². The summed E-state index contributed by atoms with van der Waals surface area (Å²) in [7, 11) is 0. The molecule has 1 saturated heterocycles. The van der Waals surface area contributed by atoms with Crippen molar-refractivity contribution in [3.8, 4) is 0 Å². The SMILES string of the molecule is O=CN1C[C@H]2C[C@]23C=CC(=O)C=C13. The minimum atomic E-state index is 0.0000231. The second kappa shape index (κ2) is 1.92. The van der Waals surface area contributed by atoms with Crippen LogP contribution in [0.2, 0.25) is 0 Å². The maximum absolute atomic E-state index is 11.1. The molecule has 1 saturated carbocycles. The molecule has 66 valence electrons. The second-order valence-electron chi connectivity index (χ2n) is 3.96. The van der Waals surface area contributed by atoms with Crippen LogP contribution in [0.25, 0.3) is 0 Å². The third-order valence-corrected chi connectivity index (χ3v) is 3.31. The average Bonchev–Trinajstić information content (AvgIpc) is 2.74. The number of allylic oxidation sites excluding steroid dienone is 3. The molecule has 2 aliphatic carbocycles. The highest BCUT2D eigenvalue weighted by Gasteiger charge is 2.62. The van der Waals surface area contributed by atoms with Gasteiger partial charge in [-0.25, -0.2) is 0 Å². The van der Waals surface area contributed by atoms with Crippen LogP contribution >= 0.6 is 0 Å². The lowest BCUT2D eigenvalue weighted by molar-refractivity contribution is -0.116. The van der Waals surface area contributed by atoms with Crippen LogP contribution in [0, 0.1) is 11.3 Å². The summed E-state index contributed by atoms with van der Waals surface area (Å²) >= 11 is 0. The Morgan fingerprint density at radius 1 is 1.62 bits per heavy atom. The summed E-state index contributed by atoms with van der Waals surface area (Å²) in [6.45, 7) is 0.785. The van der Waals surface area contributed by atoms with Gasteiger partial charge in [-0.15, -0.1) is 0 Å². The van der Waals surface area contributed by atoms with E-state index in [0.717, 1.165) is 25.1 Å². The molecule has 0 bridgehead atoms. The molecule has 0 aromatic rings. The van der Waals surface area contributed by atoms with Gasteiger partial charge in [0.2, 0.25) is 6.41 Å². The van der Waals surface area contributed by atoms with Crippen molar-refractivity contribution in [3.63, 3.8) is 0 Å². The quantitative estimate of drug-likeness (QED) is 0.544. The van der Waals surface area contributed by atoms with E-state index in [1.165, 1.54) is 0 Å². The second-order valence-corrected chi connectivity index (χ2v) is 3.96. The first kappa shape index (κ1) is 7.06. The van der Waals surface area contributed by atoms with Gasteiger partial charge in [0.15, 0.2) is 5.78 Å². The molecule has 0 aromatic carbocycles. The van der Waals surface area contributed by atoms with E-state index in [9.17, 15) is 9.59 Å². The van der Waals surface area contributed by atoms with Gasteiger partial charge in [-0.2, -0.15) is 0 Å². The third kappa shape index (κ3) is 0.698. The minimum absolute atomic E-state index is 0.0000231. The molecule has 1 heterocycles. The number of rotatable bonds is 1. The number of nitrogens with zero attached hydrogens (tertiary/aromatic N) is 1. The van der Waals surface area contributed by atoms with Gasteiger partial charge in [0, 0.05) is 23.7 Å². The van der Waals surface area contributed by atoms with E-state index in [1.807, 2.05) is 6.08 Å². The van der Waals surface area contributed by atoms with Crippen molar-refractivity contribution in [1.82, 2.24) is 4.90 Å². The van der Waals surface area contributed by atoms with Crippen molar-refractivity contribution in [1.29, 1.82) is 0 Å². The number of carbonyl (C=O) groups excluding carboxylic acids is 2. The van der Waals surface area contributed by atoms with Crippen molar-refractivity contribution >= 4 is 12.2 Å². The zero-order valence-corrected chi connectivity index (χ0v) is 7.06. The summed E-state index contributed by atoms with van der Waals surface area (Å²) in [6.07, 6.45) is 7.12. The van der Waals surface area contributed by atoms with Crippen LogP contribution in [-0.4, -0.2) is 23.6 Å². The van der Waals surface area contributed by atoms with Crippen molar-refractivity contribution in [2.75, 3.05) is 6.54 Å². The lowest BCUT2D eigenvalue weighted by Crippen LogP contribution is -2.23. The molecule has 3 aliphatic rings. The standard InChI is InChI=1S/C10H9NO2/c12-6-11-5-7-4-10(7)2-1-8(13)3-9(10)11/h1-3,6-7H,4-5H2/t7-,10-/m1/s1. The molecular weight excluding hydrogens is 166 g/mol. The Hall–Kier alpha value is -1.38. The number of hydrogen-bond acceptors (Lipinski definition) is 2. The molecule has 1 amide bonds. The number of likely N-dealkylation sites (tertiary alicyclic amines) is 1. The zero-order valence-electron chi connectivity index (χ0n) is 7.06. The Morgan fingerprint density at radius 3 is 3.23 bits per heavy atom. The van der Waals surface area contributed by atoms with Crippen molar-refractivity contribution < 1.29 is 9.59 Å². The molecule has 3 nitrogen and oxygen atoms in total. The highest BCUT2D eigenvalue weighted by molar-refractivity contribution is 6.01. The molecule has 2 atom stereocenters. The smallest absolute Gasteiger partial charge is 0.213 e. The Morgan fingerprint density at radius 2 is 2.46 bits per heavy atom. The Kier molecular flexibility index (Phi) is 1.04. The van der Waals surface area contributed by atoms with E-state index in [0.29, 0.717) is 5.92 Å². The molecule has 1 aliphatic heterocycles. The fourth-order valence-electron chi connectivity index (χ4n) is 2.51. The van der Waals surface area contributed by atoms with Gasteiger partial charge in [0.05, 0.1) is 0 Å². The topological polar surface area (TPSA) is 37.4 Å². The van der Waals surface area contributed by atoms with Crippen LogP contribution in [0.15, 0.2) is 23.9 Å². The predicted octanol–water partition coefficient (Wildman–Crippen LogP) is 0.488. The number of ketones is 1. The fraction of sp³-hybridized carbons (Fsp3) is 0.400. The Labute approximate surface area is 75.7 Å². The molecule has 3 rings (SSSR count). The van der Waals surface area contributed by atoms with Gasteiger partial charge in [-0.3, -0.25) is 9.59 Å². The van der Waals surface area contributed by atoms with E-state index in [1.54, 1.807) is 17.1 Å². The fourth-order valence-corrected chi connectivity index (χ4v) is 2.51. The number of amides is 1. The first-order valence-corrected chi connectivity index (χ1v) is 4.43. The van der Waals surface area contributed by atoms with Gasteiger partial charge in [-0.05, 0) is 18.4 Å². The van der Waals surface area contributed by atoms with E-state index >= 15 is 0 Å². The summed E-state index contributed by atoms with van der Waals surface area (Å²) in [4.78, 5) is 23.5. The summed E-state index contributed by atoms with van der Waals surface area (Å²) in [5, 5.41) is 0. The summed E-state index contributed by atoms with van der Waals surface area (Å²) in [6, 6.07) is 0. The molecule has 0 unspecified atom stereocenters. The number of carbonyl (C=O) groups is 2. The van der Waals surface area contributed by atoms with E-state index < -0.39 is 0 Å². The third-order valence-electron chi connectivity index (χ3n) is 3.31. The van der Waals surface area contributed by atoms with Crippen molar-refractivity contribution in [2.45, 2.75) is 6.42 Å². The highest BCUT2D eigenvalue weighted by atomic mass is 16.1. The van der Waals surface area contributed by atoms with Crippen LogP contribution < -0.4 is 0 Å². The van der Waals surface area contributed by atoms with Gasteiger partial charge < -0.3 is 4.90 Å². The van der Waals surface area contributed by atoms with Crippen molar-refractivity contribution in [2.24, 2.45) is 11.3 Å². The lowest BCUT2D eigenvalue weighted by Gasteiger charge is -2.20. The number of piperidine rings is 1. The Balaban J connectivity index is 2.08. The molecule has 0 radical (unpaired) electrons.